The molecule has 0 unspecified atom stereocenters. The van der Waals surface area contributed by atoms with Gasteiger partial charge in [-0.05, 0) is 54.3 Å². The van der Waals surface area contributed by atoms with Crippen molar-refractivity contribution in [3.63, 3.8) is 0 Å². The highest BCUT2D eigenvalue weighted by molar-refractivity contribution is 5.35. The monoisotopic (exact) mass is 384 g/mol. The number of benzene rings is 2. The van der Waals surface area contributed by atoms with Gasteiger partial charge in [-0.3, -0.25) is 4.90 Å². The van der Waals surface area contributed by atoms with Crippen molar-refractivity contribution >= 4 is 0 Å². The van der Waals surface area contributed by atoms with E-state index in [9.17, 15) is 13.2 Å². The molecule has 0 saturated carbocycles. The third-order valence-electron chi connectivity index (χ3n) is 5.52. The number of aromatic nitrogens is 1. The molecule has 1 atom stereocenters. The van der Waals surface area contributed by atoms with Crippen molar-refractivity contribution < 1.29 is 13.2 Å². The quantitative estimate of drug-likeness (QED) is 0.553. The van der Waals surface area contributed by atoms with E-state index in [0.717, 1.165) is 31.3 Å². The highest BCUT2D eigenvalue weighted by atomic mass is 19.4. The molecular formula is C23H23F3N2. The number of alkyl halides is 3. The normalized spacial score (nSPS) is 17.9. The molecular weight excluding hydrogens is 361 g/mol. The van der Waals surface area contributed by atoms with Crippen molar-refractivity contribution in [1.29, 1.82) is 0 Å². The first-order valence-electron chi connectivity index (χ1n) is 9.54. The number of aryl methyl sites for hydroxylation is 2. The Bertz CT molecular complexity index is 958. The molecule has 0 saturated heterocycles. The standard InChI is InChI=1S/C23H23F3N2/c1-17-7-2-3-8-19(17)16-28-14-6-13-27-12-5-11-21(27)22(28)18-9-4-10-20(15-18)23(24,25)26/h2-5,7-12,15,22H,6,13-14,16H2,1H3/t22-/m0/s1. The smallest absolute Gasteiger partial charge is 0.350 e. The van der Waals surface area contributed by atoms with E-state index in [0.29, 0.717) is 12.1 Å². The average Bonchev–Trinajstić information content (AvgIpc) is 3.04. The van der Waals surface area contributed by atoms with Gasteiger partial charge in [-0.25, -0.2) is 0 Å². The molecule has 2 heterocycles. The number of nitrogens with zero attached hydrogens (tertiary/aromatic N) is 2. The second-order valence-electron chi connectivity index (χ2n) is 7.40. The molecule has 0 amide bonds. The van der Waals surface area contributed by atoms with Gasteiger partial charge in [-0.2, -0.15) is 13.2 Å². The maximum Gasteiger partial charge on any atom is 0.416 e. The second-order valence-corrected chi connectivity index (χ2v) is 7.40. The van der Waals surface area contributed by atoms with E-state index in [1.54, 1.807) is 0 Å². The van der Waals surface area contributed by atoms with Gasteiger partial charge in [-0.15, -0.1) is 0 Å². The van der Waals surface area contributed by atoms with E-state index >= 15 is 0 Å². The number of rotatable bonds is 3. The van der Waals surface area contributed by atoms with E-state index in [1.807, 2.05) is 36.5 Å². The Labute approximate surface area is 163 Å². The van der Waals surface area contributed by atoms with E-state index < -0.39 is 11.7 Å². The molecule has 1 aromatic heterocycles. The molecule has 3 aromatic rings. The minimum Gasteiger partial charge on any atom is -0.350 e. The molecule has 0 aliphatic carbocycles. The third kappa shape index (κ3) is 3.72. The van der Waals surface area contributed by atoms with E-state index in [1.165, 1.54) is 23.3 Å². The largest absolute Gasteiger partial charge is 0.416 e. The summed E-state index contributed by atoms with van der Waals surface area (Å²) in [5.74, 6) is 0. The molecule has 0 fully saturated rings. The first kappa shape index (κ1) is 18.8. The molecule has 2 nitrogen and oxygen atoms in total. The number of hydrogen-bond acceptors (Lipinski definition) is 1. The van der Waals surface area contributed by atoms with Gasteiger partial charge in [0.1, 0.15) is 0 Å². The van der Waals surface area contributed by atoms with Gasteiger partial charge in [0.25, 0.3) is 0 Å². The summed E-state index contributed by atoms with van der Waals surface area (Å²) in [6.07, 6.45) is -1.36. The van der Waals surface area contributed by atoms with Crippen molar-refractivity contribution in [2.75, 3.05) is 6.54 Å². The van der Waals surface area contributed by atoms with Gasteiger partial charge >= 0.3 is 6.18 Å². The Morgan fingerprint density at radius 3 is 2.57 bits per heavy atom. The minimum atomic E-state index is -4.34. The van der Waals surface area contributed by atoms with Crippen molar-refractivity contribution in [2.45, 2.75) is 38.7 Å². The van der Waals surface area contributed by atoms with Gasteiger partial charge in [0.15, 0.2) is 0 Å². The SMILES string of the molecule is Cc1ccccc1CN1CCCn2cccc2[C@@H]1c1cccc(C(F)(F)F)c1. The minimum absolute atomic E-state index is 0.209. The first-order chi connectivity index (χ1) is 13.4. The zero-order chi connectivity index (χ0) is 19.7. The third-order valence-corrected chi connectivity index (χ3v) is 5.52. The Morgan fingerprint density at radius 2 is 1.79 bits per heavy atom. The van der Waals surface area contributed by atoms with Crippen LogP contribution >= 0.6 is 0 Å². The summed E-state index contributed by atoms with van der Waals surface area (Å²) < 4.78 is 42.2. The van der Waals surface area contributed by atoms with Crippen molar-refractivity contribution in [2.24, 2.45) is 0 Å². The topological polar surface area (TPSA) is 8.17 Å². The van der Waals surface area contributed by atoms with Gasteiger partial charge in [0.05, 0.1) is 11.6 Å². The second kappa shape index (κ2) is 7.47. The van der Waals surface area contributed by atoms with Crippen LogP contribution in [-0.2, 0) is 19.3 Å². The fourth-order valence-corrected chi connectivity index (χ4v) is 4.08. The maximum absolute atomic E-state index is 13.3. The lowest BCUT2D eigenvalue weighted by Crippen LogP contribution is -2.30. The summed E-state index contributed by atoms with van der Waals surface area (Å²) in [6, 6.07) is 17.8. The van der Waals surface area contributed by atoms with Crippen LogP contribution in [0.4, 0.5) is 13.2 Å². The first-order valence-corrected chi connectivity index (χ1v) is 9.54. The summed E-state index contributed by atoms with van der Waals surface area (Å²) in [7, 11) is 0. The lowest BCUT2D eigenvalue weighted by Gasteiger charge is -2.31. The molecule has 5 heteroatoms. The van der Waals surface area contributed by atoms with Crippen LogP contribution in [0.15, 0.2) is 66.9 Å². The van der Waals surface area contributed by atoms with Crippen LogP contribution < -0.4 is 0 Å². The lowest BCUT2D eigenvalue weighted by atomic mass is 9.98. The Hall–Kier alpha value is -2.53. The zero-order valence-electron chi connectivity index (χ0n) is 15.8. The molecule has 146 valence electrons. The van der Waals surface area contributed by atoms with Gasteiger partial charge in [0.2, 0.25) is 0 Å². The van der Waals surface area contributed by atoms with Crippen molar-refractivity contribution in [1.82, 2.24) is 9.47 Å². The predicted octanol–water partition coefficient (Wildman–Crippen LogP) is 5.81. The Morgan fingerprint density at radius 1 is 0.964 bits per heavy atom. The summed E-state index contributed by atoms with van der Waals surface area (Å²) >= 11 is 0. The van der Waals surface area contributed by atoms with Crippen LogP contribution in [-0.4, -0.2) is 16.0 Å². The van der Waals surface area contributed by atoms with Crippen LogP contribution in [0, 0.1) is 6.92 Å². The predicted molar refractivity (Wildman–Crippen MR) is 104 cm³/mol. The summed E-state index contributed by atoms with van der Waals surface area (Å²) in [4.78, 5) is 2.30. The molecule has 0 radical (unpaired) electrons. The zero-order valence-corrected chi connectivity index (χ0v) is 15.8. The highest BCUT2D eigenvalue weighted by Crippen LogP contribution is 2.36. The Balaban J connectivity index is 1.78. The van der Waals surface area contributed by atoms with Crippen molar-refractivity contribution in [3.05, 3.63) is 94.8 Å². The molecule has 28 heavy (non-hydrogen) atoms. The molecule has 0 N–H and O–H groups in total. The van der Waals surface area contributed by atoms with E-state index in [2.05, 4.69) is 28.5 Å². The molecule has 1 aliphatic heterocycles. The van der Waals surface area contributed by atoms with Crippen LogP contribution in [0.3, 0.4) is 0 Å². The van der Waals surface area contributed by atoms with Crippen LogP contribution in [0.2, 0.25) is 0 Å². The van der Waals surface area contributed by atoms with Crippen LogP contribution in [0.25, 0.3) is 0 Å². The fraction of sp³-hybridized carbons (Fsp3) is 0.304. The van der Waals surface area contributed by atoms with Crippen molar-refractivity contribution in [3.8, 4) is 0 Å². The molecule has 4 rings (SSSR count). The maximum atomic E-state index is 13.3. The number of fused-ring (bicyclic) bond motifs is 1. The molecule has 2 aromatic carbocycles. The van der Waals surface area contributed by atoms with Crippen LogP contribution in [0.5, 0.6) is 0 Å². The molecule has 0 spiro atoms. The van der Waals surface area contributed by atoms with E-state index in [4.69, 9.17) is 0 Å². The van der Waals surface area contributed by atoms with Gasteiger partial charge in [0, 0.05) is 31.5 Å². The summed E-state index contributed by atoms with van der Waals surface area (Å²) in [5, 5.41) is 0. The van der Waals surface area contributed by atoms with Crippen LogP contribution in [0.1, 0.15) is 40.4 Å². The lowest BCUT2D eigenvalue weighted by molar-refractivity contribution is -0.137. The summed E-state index contributed by atoms with van der Waals surface area (Å²) in [6.45, 7) is 4.49. The van der Waals surface area contributed by atoms with Gasteiger partial charge in [-0.1, -0.05) is 36.4 Å². The Kier molecular flexibility index (Phi) is 5.02. The number of halogens is 3. The number of hydrogen-bond donors (Lipinski definition) is 0. The summed E-state index contributed by atoms with van der Waals surface area (Å²) in [5.41, 5.74) is 3.54. The van der Waals surface area contributed by atoms with Gasteiger partial charge < -0.3 is 4.57 Å². The fourth-order valence-electron chi connectivity index (χ4n) is 4.08. The van der Waals surface area contributed by atoms with E-state index in [-0.39, 0.29) is 6.04 Å². The average molecular weight is 384 g/mol. The molecule has 1 aliphatic rings. The molecule has 0 bridgehead atoms. The highest BCUT2D eigenvalue weighted by Gasteiger charge is 2.33.